The molecule has 0 fully saturated rings. The van der Waals surface area contributed by atoms with E-state index in [1.165, 1.54) is 0 Å². The largest absolute Gasteiger partial charge is 0.478 e. The van der Waals surface area contributed by atoms with E-state index in [0.29, 0.717) is 11.3 Å². The summed E-state index contributed by atoms with van der Waals surface area (Å²) in [5, 5.41) is 11.8. The minimum atomic E-state index is -1.18. The molecule has 7 nitrogen and oxygen atoms in total. The van der Waals surface area contributed by atoms with Gasteiger partial charge in [-0.2, -0.15) is 0 Å². The Morgan fingerprint density at radius 3 is 2.85 bits per heavy atom. The van der Waals surface area contributed by atoms with Gasteiger partial charge in [-0.25, -0.2) is 14.6 Å². The average Bonchev–Trinajstić information content (AvgIpc) is 2.77. The number of carboxylic acid groups (broad SMARTS) is 1. The molecule has 1 aliphatic rings. The number of rotatable bonds is 2. The molecule has 1 aromatic heterocycles. The van der Waals surface area contributed by atoms with Crippen molar-refractivity contribution in [1.82, 2.24) is 9.97 Å². The Morgan fingerprint density at radius 2 is 2.10 bits per heavy atom. The number of aromatic nitrogens is 2. The van der Waals surface area contributed by atoms with Crippen LogP contribution in [0.4, 0.5) is 5.69 Å². The number of carbonyl (C=O) groups excluding carboxylic acids is 1. The molecule has 2 heterocycles. The molecule has 1 aliphatic heterocycles. The summed E-state index contributed by atoms with van der Waals surface area (Å²) in [5.41, 5.74) is 1.45. The maximum atomic E-state index is 11.3. The molecule has 0 unspecified atom stereocenters. The average molecular weight is 271 g/mol. The maximum Gasteiger partial charge on any atom is 0.345 e. The summed E-state index contributed by atoms with van der Waals surface area (Å²) in [5.74, 6) is -1.29. The molecule has 7 heteroatoms. The fourth-order valence-corrected chi connectivity index (χ4v) is 2.17. The highest BCUT2D eigenvalue weighted by Gasteiger charge is 2.20. The van der Waals surface area contributed by atoms with Gasteiger partial charge in [-0.15, -0.1) is 0 Å². The number of amides is 1. The van der Waals surface area contributed by atoms with Crippen molar-refractivity contribution in [3.05, 3.63) is 46.0 Å². The number of aromatic carboxylic acids is 1. The molecule has 0 aliphatic carbocycles. The van der Waals surface area contributed by atoms with Crippen LogP contribution < -0.4 is 11.0 Å². The van der Waals surface area contributed by atoms with E-state index < -0.39 is 11.7 Å². The van der Waals surface area contributed by atoms with Crippen LogP contribution >= 0.6 is 0 Å². The van der Waals surface area contributed by atoms with E-state index in [2.05, 4.69) is 15.3 Å². The number of carbonyl (C=O) groups is 2. The molecule has 3 N–H and O–H groups in total. The van der Waals surface area contributed by atoms with E-state index >= 15 is 0 Å². The molecule has 2 aromatic rings. The monoisotopic (exact) mass is 271 g/mol. The number of anilines is 1. The van der Waals surface area contributed by atoms with Gasteiger partial charge in [0.05, 0.1) is 12.1 Å². The van der Waals surface area contributed by atoms with Gasteiger partial charge in [0.1, 0.15) is 5.56 Å². The number of aromatic amines is 1. The number of benzene rings is 1. The molecule has 0 atom stereocenters. The zero-order chi connectivity index (χ0) is 14.3. The first-order valence-electron chi connectivity index (χ1n) is 5.80. The minimum absolute atomic E-state index is 0.0955. The normalized spacial score (nSPS) is 12.9. The number of hydrogen-bond donors (Lipinski definition) is 3. The standard InChI is InChI=1S/C13H9N3O4/c17-10-4-7-3-6(1-2-9(7)15-10)11-8(12(18)19)5-14-13(20)16-11/h1-3,5H,4H2,(H,15,17)(H,18,19)(H,14,16,20). The molecular weight excluding hydrogens is 262 g/mol. The van der Waals surface area contributed by atoms with Crippen LogP contribution in [0.5, 0.6) is 0 Å². The van der Waals surface area contributed by atoms with Gasteiger partial charge >= 0.3 is 11.7 Å². The number of H-pyrrole nitrogens is 1. The zero-order valence-corrected chi connectivity index (χ0v) is 10.1. The first-order chi connectivity index (χ1) is 9.54. The molecule has 20 heavy (non-hydrogen) atoms. The summed E-state index contributed by atoms with van der Waals surface area (Å²) >= 11 is 0. The maximum absolute atomic E-state index is 11.3. The first-order valence-corrected chi connectivity index (χ1v) is 5.80. The summed E-state index contributed by atoms with van der Waals surface area (Å²) in [6, 6.07) is 5.01. The van der Waals surface area contributed by atoms with Crippen molar-refractivity contribution in [3.8, 4) is 11.3 Å². The van der Waals surface area contributed by atoms with Crippen molar-refractivity contribution in [2.24, 2.45) is 0 Å². The summed E-state index contributed by atoms with van der Waals surface area (Å²) in [6.45, 7) is 0. The molecule has 0 saturated carbocycles. The second kappa shape index (κ2) is 4.30. The van der Waals surface area contributed by atoms with Gasteiger partial charge in [0.15, 0.2) is 0 Å². The van der Waals surface area contributed by atoms with Crippen molar-refractivity contribution in [3.63, 3.8) is 0 Å². The van der Waals surface area contributed by atoms with Crippen LogP contribution in [0.1, 0.15) is 15.9 Å². The number of nitrogens with one attached hydrogen (secondary N) is 2. The Bertz CT molecular complexity index is 794. The van der Waals surface area contributed by atoms with Crippen molar-refractivity contribution in [1.29, 1.82) is 0 Å². The molecule has 0 bridgehead atoms. The van der Waals surface area contributed by atoms with Crippen molar-refractivity contribution in [2.75, 3.05) is 5.32 Å². The van der Waals surface area contributed by atoms with E-state index in [1.54, 1.807) is 18.2 Å². The van der Waals surface area contributed by atoms with Crippen LogP contribution in [0.3, 0.4) is 0 Å². The number of carboxylic acids is 1. The Morgan fingerprint density at radius 1 is 1.30 bits per heavy atom. The van der Waals surface area contributed by atoms with E-state index in [9.17, 15) is 14.4 Å². The third-order valence-electron chi connectivity index (χ3n) is 3.06. The number of nitrogens with zero attached hydrogens (tertiary/aromatic N) is 1. The van der Waals surface area contributed by atoms with Crippen LogP contribution in [0, 0.1) is 0 Å². The van der Waals surface area contributed by atoms with Crippen LogP contribution in [0.2, 0.25) is 0 Å². The lowest BCUT2D eigenvalue weighted by atomic mass is 10.0. The fourth-order valence-electron chi connectivity index (χ4n) is 2.17. The summed E-state index contributed by atoms with van der Waals surface area (Å²) in [7, 11) is 0. The Hall–Kier alpha value is -2.96. The van der Waals surface area contributed by atoms with Crippen LogP contribution in [-0.2, 0) is 11.2 Å². The lowest BCUT2D eigenvalue weighted by Gasteiger charge is -2.07. The molecule has 1 aromatic carbocycles. The Kier molecular flexibility index (Phi) is 2.60. The summed E-state index contributed by atoms with van der Waals surface area (Å²) in [6.07, 6.45) is 1.26. The molecule has 0 saturated heterocycles. The van der Waals surface area contributed by atoms with Gasteiger partial charge in [-0.3, -0.25) is 4.79 Å². The molecule has 0 radical (unpaired) electrons. The highest BCUT2D eigenvalue weighted by atomic mass is 16.4. The first kappa shape index (κ1) is 12.1. The third kappa shape index (κ3) is 1.95. The lowest BCUT2D eigenvalue weighted by Crippen LogP contribution is -2.15. The lowest BCUT2D eigenvalue weighted by molar-refractivity contribution is -0.115. The zero-order valence-electron chi connectivity index (χ0n) is 10.1. The van der Waals surface area contributed by atoms with Crippen LogP contribution in [-0.4, -0.2) is 27.0 Å². The van der Waals surface area contributed by atoms with E-state index in [-0.39, 0.29) is 23.6 Å². The Labute approximate surface area is 112 Å². The smallest absolute Gasteiger partial charge is 0.345 e. The SMILES string of the molecule is O=C1Cc2cc(-c3[nH]c(=O)ncc3C(=O)O)ccc2N1. The number of hydrogen-bond acceptors (Lipinski definition) is 4. The van der Waals surface area contributed by atoms with Crippen molar-refractivity contribution in [2.45, 2.75) is 6.42 Å². The predicted molar refractivity (Wildman–Crippen MR) is 69.6 cm³/mol. The van der Waals surface area contributed by atoms with E-state index in [1.807, 2.05) is 0 Å². The molecule has 1 amide bonds. The van der Waals surface area contributed by atoms with E-state index in [0.717, 1.165) is 11.8 Å². The van der Waals surface area contributed by atoms with Gasteiger partial charge < -0.3 is 15.4 Å². The van der Waals surface area contributed by atoms with Crippen molar-refractivity contribution >= 4 is 17.6 Å². The van der Waals surface area contributed by atoms with Gasteiger partial charge in [-0.1, -0.05) is 6.07 Å². The fraction of sp³-hybridized carbons (Fsp3) is 0.0769. The quantitative estimate of drug-likeness (QED) is 0.741. The minimum Gasteiger partial charge on any atom is -0.478 e. The summed E-state index contributed by atoms with van der Waals surface area (Å²) in [4.78, 5) is 39.6. The summed E-state index contributed by atoms with van der Waals surface area (Å²) < 4.78 is 0. The molecule has 0 spiro atoms. The van der Waals surface area contributed by atoms with Crippen molar-refractivity contribution < 1.29 is 14.7 Å². The second-order valence-electron chi connectivity index (χ2n) is 4.38. The van der Waals surface area contributed by atoms with Gasteiger partial charge in [0.25, 0.3) is 0 Å². The predicted octanol–water partition coefficient (Wildman–Crippen LogP) is 0.630. The topological polar surface area (TPSA) is 112 Å². The molecule has 100 valence electrons. The highest BCUT2D eigenvalue weighted by Crippen LogP contribution is 2.29. The van der Waals surface area contributed by atoms with Gasteiger partial charge in [0.2, 0.25) is 5.91 Å². The van der Waals surface area contributed by atoms with E-state index in [4.69, 9.17) is 5.11 Å². The third-order valence-corrected chi connectivity index (χ3v) is 3.06. The van der Waals surface area contributed by atoms with Gasteiger partial charge in [0, 0.05) is 11.9 Å². The van der Waals surface area contributed by atoms with Gasteiger partial charge in [-0.05, 0) is 23.3 Å². The second-order valence-corrected chi connectivity index (χ2v) is 4.38. The van der Waals surface area contributed by atoms with Crippen LogP contribution in [0.15, 0.2) is 29.2 Å². The number of fused-ring (bicyclic) bond motifs is 1. The highest BCUT2D eigenvalue weighted by molar-refractivity contribution is 6.00. The van der Waals surface area contributed by atoms with Crippen LogP contribution in [0.25, 0.3) is 11.3 Å². The Balaban J connectivity index is 2.17. The molecular formula is C13H9N3O4. The molecule has 3 rings (SSSR count).